The molecule has 0 spiro atoms. The van der Waals surface area contributed by atoms with Gasteiger partial charge in [-0.05, 0) is 24.6 Å². The fourth-order valence-electron chi connectivity index (χ4n) is 1.98. The van der Waals surface area contributed by atoms with Crippen LogP contribution in [-0.2, 0) is 6.54 Å². The Bertz CT molecular complexity index is 754. The summed E-state index contributed by atoms with van der Waals surface area (Å²) < 4.78 is 6.67. The second-order valence-electron chi connectivity index (χ2n) is 4.51. The van der Waals surface area contributed by atoms with Crippen molar-refractivity contribution >= 4 is 0 Å². The van der Waals surface area contributed by atoms with Crippen molar-refractivity contribution in [2.45, 2.75) is 13.5 Å². The number of nitrogens with two attached hydrogens (primary N) is 1. The Morgan fingerprint density at radius 2 is 2.19 bits per heavy atom. The summed E-state index contributed by atoms with van der Waals surface area (Å²) in [7, 11) is 1.50. The first-order valence-corrected chi connectivity index (χ1v) is 6.54. The molecule has 2 aromatic rings. The van der Waals surface area contributed by atoms with E-state index in [0.29, 0.717) is 24.8 Å². The van der Waals surface area contributed by atoms with Gasteiger partial charge in [0.2, 0.25) is 0 Å². The van der Waals surface area contributed by atoms with Crippen LogP contribution in [0.5, 0.6) is 6.01 Å². The molecular weight excluding hydrogens is 266 g/mol. The molecule has 0 aliphatic rings. The van der Waals surface area contributed by atoms with Gasteiger partial charge in [-0.15, -0.1) is 0 Å². The lowest BCUT2D eigenvalue weighted by Crippen LogP contribution is -2.23. The molecule has 0 radical (unpaired) electrons. The Morgan fingerprint density at radius 1 is 1.38 bits per heavy atom. The lowest BCUT2D eigenvalue weighted by Gasteiger charge is -2.11. The minimum Gasteiger partial charge on any atom is -0.468 e. The van der Waals surface area contributed by atoms with E-state index in [-0.39, 0.29) is 5.56 Å². The molecule has 21 heavy (non-hydrogen) atoms. The van der Waals surface area contributed by atoms with Crippen molar-refractivity contribution < 1.29 is 4.74 Å². The number of hydrogen-bond donors (Lipinski definition) is 1. The van der Waals surface area contributed by atoms with Crippen LogP contribution in [0.1, 0.15) is 16.8 Å². The van der Waals surface area contributed by atoms with Crippen LogP contribution in [0.4, 0.5) is 0 Å². The monoisotopic (exact) mass is 283 g/mol. The summed E-state index contributed by atoms with van der Waals surface area (Å²) in [4.78, 5) is 16.3. The van der Waals surface area contributed by atoms with Crippen LogP contribution >= 0.6 is 0 Å². The Morgan fingerprint density at radius 3 is 2.90 bits per heavy atom. The van der Waals surface area contributed by atoms with Crippen molar-refractivity contribution in [1.82, 2.24) is 9.55 Å². The van der Waals surface area contributed by atoms with Gasteiger partial charge in [0.25, 0.3) is 11.6 Å². The lowest BCUT2D eigenvalue weighted by atomic mass is 10.1. The van der Waals surface area contributed by atoms with Crippen molar-refractivity contribution in [3.05, 3.63) is 57.5 Å². The average Bonchev–Trinajstić information content (AvgIpc) is 2.48. The molecule has 0 fully saturated rings. The van der Waals surface area contributed by atoms with E-state index in [2.05, 4.69) is 16.8 Å². The van der Waals surface area contributed by atoms with E-state index >= 15 is 0 Å². The van der Waals surface area contributed by atoms with Crippen LogP contribution < -0.4 is 16.0 Å². The molecule has 0 aliphatic heterocycles. The van der Waals surface area contributed by atoms with Crippen LogP contribution in [-0.4, -0.2) is 23.2 Å². The van der Waals surface area contributed by atoms with Crippen molar-refractivity contribution in [3.63, 3.8) is 0 Å². The molecule has 5 nitrogen and oxygen atoms in total. The lowest BCUT2D eigenvalue weighted by molar-refractivity contribution is 0.350. The molecule has 0 amide bonds. The number of aromatic nitrogens is 2. The maximum Gasteiger partial charge on any atom is 0.299 e. The summed E-state index contributed by atoms with van der Waals surface area (Å²) >= 11 is 0. The van der Waals surface area contributed by atoms with Crippen molar-refractivity contribution in [1.29, 1.82) is 0 Å². The van der Waals surface area contributed by atoms with E-state index in [0.717, 1.165) is 11.1 Å². The first kappa shape index (κ1) is 14.8. The highest BCUT2D eigenvalue weighted by Crippen LogP contribution is 2.10. The molecular formula is C16H17N3O2. The summed E-state index contributed by atoms with van der Waals surface area (Å²) in [6.07, 6.45) is 0. The van der Waals surface area contributed by atoms with Crippen LogP contribution in [0.3, 0.4) is 0 Å². The van der Waals surface area contributed by atoms with Crippen LogP contribution in [0, 0.1) is 18.8 Å². The fraction of sp³-hybridized carbons (Fsp3) is 0.250. The number of benzene rings is 1. The van der Waals surface area contributed by atoms with E-state index in [1.54, 1.807) is 6.92 Å². The molecule has 1 heterocycles. The topological polar surface area (TPSA) is 70.1 Å². The van der Waals surface area contributed by atoms with Gasteiger partial charge in [-0.25, -0.2) is 4.98 Å². The molecule has 1 aromatic carbocycles. The third-order valence-corrected chi connectivity index (χ3v) is 2.89. The standard InChI is InChI=1S/C16H17N3O2/c1-12-9-15(20)19(16(18-12)21-2)11-14-6-3-5-13(10-14)7-4-8-17/h3,5-6,9-10H,8,11,17H2,1-2H3. The molecule has 0 saturated carbocycles. The number of nitrogens with zero attached hydrogens (tertiary/aromatic N) is 2. The van der Waals surface area contributed by atoms with Crippen molar-refractivity contribution in [2.75, 3.05) is 13.7 Å². The van der Waals surface area contributed by atoms with E-state index in [4.69, 9.17) is 10.5 Å². The Kier molecular flexibility index (Phi) is 4.75. The second kappa shape index (κ2) is 6.73. The maximum absolute atomic E-state index is 12.1. The van der Waals surface area contributed by atoms with Crippen LogP contribution in [0.15, 0.2) is 35.1 Å². The van der Waals surface area contributed by atoms with Crippen LogP contribution in [0.2, 0.25) is 0 Å². The third-order valence-electron chi connectivity index (χ3n) is 2.89. The summed E-state index contributed by atoms with van der Waals surface area (Å²) in [5.41, 5.74) is 7.67. The minimum absolute atomic E-state index is 0.141. The average molecular weight is 283 g/mol. The fourth-order valence-corrected chi connectivity index (χ4v) is 1.98. The molecule has 108 valence electrons. The molecule has 2 N–H and O–H groups in total. The minimum atomic E-state index is -0.141. The van der Waals surface area contributed by atoms with Gasteiger partial charge in [-0.2, -0.15) is 0 Å². The summed E-state index contributed by atoms with van der Waals surface area (Å²) in [6, 6.07) is 9.45. The maximum atomic E-state index is 12.1. The van der Waals surface area contributed by atoms with Crippen molar-refractivity contribution in [3.8, 4) is 17.9 Å². The van der Waals surface area contributed by atoms with E-state index in [1.165, 1.54) is 17.7 Å². The number of methoxy groups -OCH3 is 1. The van der Waals surface area contributed by atoms with Gasteiger partial charge in [-0.3, -0.25) is 9.36 Å². The normalized spacial score (nSPS) is 9.86. The molecule has 1 aromatic heterocycles. The van der Waals surface area contributed by atoms with E-state index in [9.17, 15) is 4.79 Å². The summed E-state index contributed by atoms with van der Waals surface area (Å²) in [5.74, 6) is 5.78. The van der Waals surface area contributed by atoms with Gasteiger partial charge in [0.05, 0.1) is 20.2 Å². The van der Waals surface area contributed by atoms with Gasteiger partial charge in [-0.1, -0.05) is 24.0 Å². The predicted octanol–water partition coefficient (Wildman–Crippen LogP) is 0.919. The summed E-state index contributed by atoms with van der Waals surface area (Å²) in [5, 5.41) is 0. The number of aryl methyl sites for hydroxylation is 1. The Hall–Kier alpha value is -2.58. The van der Waals surface area contributed by atoms with Crippen molar-refractivity contribution in [2.24, 2.45) is 5.73 Å². The highest BCUT2D eigenvalue weighted by molar-refractivity contribution is 5.37. The molecule has 0 atom stereocenters. The molecule has 0 saturated heterocycles. The molecule has 0 bridgehead atoms. The Balaban J connectivity index is 2.36. The van der Waals surface area contributed by atoms with E-state index < -0.39 is 0 Å². The first-order chi connectivity index (χ1) is 10.1. The van der Waals surface area contributed by atoms with Gasteiger partial charge < -0.3 is 10.5 Å². The van der Waals surface area contributed by atoms with Gasteiger partial charge in [0, 0.05) is 17.3 Å². The molecule has 0 unspecified atom stereocenters. The largest absolute Gasteiger partial charge is 0.468 e. The molecule has 2 rings (SSSR count). The smallest absolute Gasteiger partial charge is 0.299 e. The number of rotatable bonds is 3. The third kappa shape index (κ3) is 3.71. The first-order valence-electron chi connectivity index (χ1n) is 6.54. The zero-order valence-corrected chi connectivity index (χ0v) is 12.1. The highest BCUT2D eigenvalue weighted by Gasteiger charge is 2.08. The van der Waals surface area contributed by atoms with Gasteiger partial charge in [0.15, 0.2) is 0 Å². The van der Waals surface area contributed by atoms with Gasteiger partial charge in [0.1, 0.15) is 0 Å². The SMILES string of the molecule is COc1nc(C)cc(=O)n1Cc1cccc(C#CCN)c1. The second-order valence-corrected chi connectivity index (χ2v) is 4.51. The van der Waals surface area contributed by atoms with Gasteiger partial charge >= 0.3 is 0 Å². The molecule has 5 heteroatoms. The Labute approximate surface area is 123 Å². The molecule has 0 aliphatic carbocycles. The zero-order chi connectivity index (χ0) is 15.2. The highest BCUT2D eigenvalue weighted by atomic mass is 16.5. The van der Waals surface area contributed by atoms with Crippen LogP contribution in [0.25, 0.3) is 0 Å². The zero-order valence-electron chi connectivity index (χ0n) is 12.1. The predicted molar refractivity (Wildman–Crippen MR) is 81.3 cm³/mol. The summed E-state index contributed by atoms with van der Waals surface area (Å²) in [6.45, 7) is 2.46. The number of hydrogen-bond acceptors (Lipinski definition) is 4. The number of ether oxygens (including phenoxy) is 1. The quantitative estimate of drug-likeness (QED) is 0.850. The van der Waals surface area contributed by atoms with E-state index in [1.807, 2.05) is 24.3 Å².